The van der Waals surface area contributed by atoms with E-state index in [0.717, 1.165) is 15.8 Å². The third-order valence-electron chi connectivity index (χ3n) is 3.54. The van der Waals surface area contributed by atoms with Crippen LogP contribution in [0.1, 0.15) is 31.9 Å². The van der Waals surface area contributed by atoms with Gasteiger partial charge in [-0.1, -0.05) is 54.3 Å². The summed E-state index contributed by atoms with van der Waals surface area (Å²) >= 11 is 7.00. The molecular weight excluding hydrogens is 304 g/mol. The summed E-state index contributed by atoms with van der Waals surface area (Å²) in [5, 5.41) is 9.23. The highest BCUT2D eigenvalue weighted by Crippen LogP contribution is 2.31. The van der Waals surface area contributed by atoms with Gasteiger partial charge >= 0.3 is 5.97 Å². The minimum absolute atomic E-state index is 0.100. The molecule has 1 fully saturated rings. The third kappa shape index (κ3) is 4.18. The monoisotopic (exact) mass is 324 g/mol. The second kappa shape index (κ2) is 7.24. The Morgan fingerprint density at radius 3 is 2.62 bits per heavy atom. The number of carboxylic acid groups (broad SMARTS) is 1. The summed E-state index contributed by atoms with van der Waals surface area (Å²) in [7, 11) is 0. The van der Waals surface area contributed by atoms with Gasteiger partial charge in [-0.15, -0.1) is 0 Å². The van der Waals surface area contributed by atoms with Crippen LogP contribution >= 0.6 is 24.0 Å². The lowest BCUT2D eigenvalue weighted by atomic mass is 10.0. The van der Waals surface area contributed by atoms with Gasteiger partial charge in [-0.3, -0.25) is 9.69 Å². The van der Waals surface area contributed by atoms with Crippen LogP contribution < -0.4 is 0 Å². The lowest BCUT2D eigenvalue weighted by Gasteiger charge is -2.42. The molecule has 0 radical (unpaired) electrons. The smallest absolute Gasteiger partial charge is 0.305 e. The van der Waals surface area contributed by atoms with Crippen LogP contribution in [0.2, 0.25) is 0 Å². The average Bonchev–Trinajstić information content (AvgIpc) is 2.46. The lowest BCUT2D eigenvalue weighted by Crippen LogP contribution is -2.49. The van der Waals surface area contributed by atoms with Crippen molar-refractivity contribution in [2.24, 2.45) is 0 Å². The first kappa shape index (κ1) is 16.3. The Morgan fingerprint density at radius 1 is 1.38 bits per heavy atom. The third-order valence-corrected chi connectivity index (χ3v) is 5.07. The molecule has 1 aromatic carbocycles. The van der Waals surface area contributed by atoms with E-state index in [-0.39, 0.29) is 12.5 Å². The van der Waals surface area contributed by atoms with E-state index in [9.17, 15) is 9.90 Å². The molecule has 1 heterocycles. The normalized spacial score (nSPS) is 18.0. The standard InChI is InChI=1S/C15H20N2O2S2/c1-11(2)17-9-16(10-21-15(17)20)13(8-14(18)19)12-6-4-3-5-7-12/h3-7,11,13H,8-10H2,1-2H3,(H,18,19). The summed E-state index contributed by atoms with van der Waals surface area (Å²) < 4.78 is 0.892. The molecule has 1 aliphatic rings. The van der Waals surface area contributed by atoms with Crippen LogP contribution in [-0.2, 0) is 4.79 Å². The average molecular weight is 324 g/mol. The molecule has 0 aromatic heterocycles. The number of nitrogens with zero attached hydrogens (tertiary/aromatic N) is 2. The summed E-state index contributed by atoms with van der Waals surface area (Å²) in [6, 6.07) is 10.0. The van der Waals surface area contributed by atoms with Gasteiger partial charge in [0.15, 0.2) is 0 Å². The van der Waals surface area contributed by atoms with E-state index in [4.69, 9.17) is 12.2 Å². The summed E-state index contributed by atoms with van der Waals surface area (Å²) in [4.78, 5) is 15.6. The SMILES string of the molecule is CC(C)N1CN(C(CC(=O)O)c2ccccc2)CSC1=S. The van der Waals surface area contributed by atoms with Crippen LogP contribution in [0.25, 0.3) is 0 Å². The van der Waals surface area contributed by atoms with Crippen molar-refractivity contribution in [3.63, 3.8) is 0 Å². The zero-order chi connectivity index (χ0) is 15.4. The molecule has 0 amide bonds. The van der Waals surface area contributed by atoms with Gasteiger partial charge in [-0.25, -0.2) is 0 Å². The summed E-state index contributed by atoms with van der Waals surface area (Å²) in [5.74, 6) is -0.0485. The van der Waals surface area contributed by atoms with Crippen molar-refractivity contribution >= 4 is 34.3 Å². The van der Waals surface area contributed by atoms with Crippen molar-refractivity contribution in [3.8, 4) is 0 Å². The fourth-order valence-corrected chi connectivity index (χ4v) is 3.78. The molecule has 1 aliphatic heterocycles. The Bertz CT molecular complexity index is 508. The topological polar surface area (TPSA) is 43.8 Å². The summed E-state index contributed by atoms with van der Waals surface area (Å²) in [6.45, 7) is 4.88. The Balaban J connectivity index is 2.21. The van der Waals surface area contributed by atoms with Crippen molar-refractivity contribution in [3.05, 3.63) is 35.9 Å². The van der Waals surface area contributed by atoms with E-state index in [0.29, 0.717) is 12.7 Å². The maximum atomic E-state index is 11.2. The van der Waals surface area contributed by atoms with E-state index in [1.807, 2.05) is 30.3 Å². The molecule has 0 bridgehead atoms. The van der Waals surface area contributed by atoms with Crippen LogP contribution in [0.15, 0.2) is 30.3 Å². The largest absolute Gasteiger partial charge is 0.481 e. The van der Waals surface area contributed by atoms with E-state index < -0.39 is 5.97 Å². The maximum Gasteiger partial charge on any atom is 0.305 e. The zero-order valence-electron chi connectivity index (χ0n) is 12.2. The van der Waals surface area contributed by atoms with Crippen molar-refractivity contribution in [1.29, 1.82) is 0 Å². The Labute approximate surface area is 135 Å². The van der Waals surface area contributed by atoms with E-state index in [1.54, 1.807) is 11.8 Å². The van der Waals surface area contributed by atoms with E-state index in [1.165, 1.54) is 0 Å². The van der Waals surface area contributed by atoms with Gasteiger partial charge in [0.1, 0.15) is 4.32 Å². The van der Waals surface area contributed by atoms with Crippen LogP contribution in [0.4, 0.5) is 0 Å². The molecular formula is C15H20N2O2S2. The van der Waals surface area contributed by atoms with Crippen LogP contribution in [-0.4, -0.2) is 43.8 Å². The van der Waals surface area contributed by atoms with Crippen molar-refractivity contribution in [1.82, 2.24) is 9.80 Å². The zero-order valence-corrected chi connectivity index (χ0v) is 13.9. The fraction of sp³-hybridized carbons (Fsp3) is 0.467. The Hall–Kier alpha value is -1.11. The van der Waals surface area contributed by atoms with Crippen LogP contribution in [0, 0.1) is 0 Å². The van der Waals surface area contributed by atoms with Crippen molar-refractivity contribution in [2.75, 3.05) is 12.5 Å². The van der Waals surface area contributed by atoms with Gasteiger partial charge in [0.05, 0.1) is 19.0 Å². The van der Waals surface area contributed by atoms with Crippen molar-refractivity contribution < 1.29 is 9.90 Å². The van der Waals surface area contributed by atoms with Gasteiger partial charge in [0.2, 0.25) is 0 Å². The highest BCUT2D eigenvalue weighted by molar-refractivity contribution is 8.22. The van der Waals surface area contributed by atoms with E-state index >= 15 is 0 Å². The minimum Gasteiger partial charge on any atom is -0.481 e. The number of thiocarbonyl (C=S) groups is 1. The number of thioether (sulfide) groups is 1. The molecule has 21 heavy (non-hydrogen) atoms. The van der Waals surface area contributed by atoms with Crippen molar-refractivity contribution in [2.45, 2.75) is 32.4 Å². The highest BCUT2D eigenvalue weighted by atomic mass is 32.2. The first-order valence-electron chi connectivity index (χ1n) is 6.93. The molecule has 4 nitrogen and oxygen atoms in total. The second-order valence-corrected chi connectivity index (χ2v) is 6.94. The number of aliphatic carboxylic acids is 1. The molecule has 0 spiro atoms. The first-order valence-corrected chi connectivity index (χ1v) is 8.32. The molecule has 1 saturated heterocycles. The number of hydrogen-bond acceptors (Lipinski definition) is 4. The summed E-state index contributed by atoms with van der Waals surface area (Å²) in [6.07, 6.45) is 0.100. The maximum absolute atomic E-state index is 11.2. The Morgan fingerprint density at radius 2 is 2.05 bits per heavy atom. The first-order chi connectivity index (χ1) is 9.99. The number of carboxylic acids is 1. The highest BCUT2D eigenvalue weighted by Gasteiger charge is 2.30. The molecule has 114 valence electrons. The van der Waals surface area contributed by atoms with E-state index in [2.05, 4.69) is 23.6 Å². The van der Waals surface area contributed by atoms with Crippen LogP contribution in [0.3, 0.4) is 0 Å². The van der Waals surface area contributed by atoms with Gasteiger partial charge < -0.3 is 10.0 Å². The number of carbonyl (C=O) groups is 1. The molecule has 0 aliphatic carbocycles. The molecule has 0 saturated carbocycles. The van der Waals surface area contributed by atoms with Gasteiger partial charge in [-0.2, -0.15) is 0 Å². The molecule has 6 heteroatoms. The Kier molecular flexibility index (Phi) is 5.61. The quantitative estimate of drug-likeness (QED) is 0.839. The number of benzene rings is 1. The van der Waals surface area contributed by atoms with Crippen LogP contribution in [0.5, 0.6) is 0 Å². The second-order valence-electron chi connectivity index (χ2n) is 5.36. The molecule has 1 aromatic rings. The van der Waals surface area contributed by atoms with Gasteiger partial charge in [0, 0.05) is 12.1 Å². The molecule has 1 unspecified atom stereocenters. The van der Waals surface area contributed by atoms with Gasteiger partial charge in [-0.05, 0) is 19.4 Å². The minimum atomic E-state index is -0.780. The lowest BCUT2D eigenvalue weighted by molar-refractivity contribution is -0.138. The summed E-state index contributed by atoms with van der Waals surface area (Å²) in [5.41, 5.74) is 1.04. The predicted octanol–water partition coefficient (Wildman–Crippen LogP) is 3.16. The number of hydrogen-bond donors (Lipinski definition) is 1. The molecule has 2 rings (SSSR count). The molecule has 1 N–H and O–H groups in total. The van der Waals surface area contributed by atoms with Gasteiger partial charge in [0.25, 0.3) is 0 Å². The fourth-order valence-electron chi connectivity index (χ4n) is 2.38. The predicted molar refractivity (Wildman–Crippen MR) is 90.2 cm³/mol. The molecule has 1 atom stereocenters. The number of rotatable bonds is 5.